The smallest absolute Gasteiger partial charge is 0.331 e. The Kier molecular flexibility index (Phi) is 5.84. The molecule has 2 aromatic carbocycles. The van der Waals surface area contributed by atoms with Gasteiger partial charge in [0.2, 0.25) is 0 Å². The number of carbonyl (C=O) groups excluding carboxylic acids is 3. The maximum atomic E-state index is 13.3. The van der Waals surface area contributed by atoms with E-state index in [0.717, 1.165) is 27.9 Å². The molecule has 4 amide bonds. The zero-order valence-electron chi connectivity index (χ0n) is 19.6. The standard InChI is InChI=1S/C25H28N4O4/c1-6-28-20-14-18(33-7-2)12-13-19(20)22(24(31)26(3)4)23(28)16-8-10-17(11-9-16)29-21(30)15-27(5)25(29)32/h8-14H,6-7,15H2,1-5H3. The minimum Gasteiger partial charge on any atom is -0.494 e. The first-order chi connectivity index (χ1) is 15.8. The third-order valence-corrected chi connectivity index (χ3v) is 5.82. The summed E-state index contributed by atoms with van der Waals surface area (Å²) in [6, 6.07) is 12.6. The van der Waals surface area contributed by atoms with Gasteiger partial charge in [0.15, 0.2) is 0 Å². The van der Waals surface area contributed by atoms with Gasteiger partial charge in [-0.3, -0.25) is 9.59 Å². The summed E-state index contributed by atoms with van der Waals surface area (Å²) in [7, 11) is 5.07. The molecular formula is C25H28N4O4. The normalized spacial score (nSPS) is 13.8. The SMILES string of the molecule is CCOc1ccc2c(C(=O)N(C)C)c(-c3ccc(N4C(=O)CN(C)C4=O)cc3)n(CC)c2c1. The fourth-order valence-corrected chi connectivity index (χ4v) is 4.30. The van der Waals surface area contributed by atoms with Crippen molar-refractivity contribution in [2.45, 2.75) is 20.4 Å². The van der Waals surface area contributed by atoms with Crippen LogP contribution in [0.4, 0.5) is 10.5 Å². The molecule has 0 N–H and O–H groups in total. The molecule has 0 radical (unpaired) electrons. The average molecular weight is 449 g/mol. The van der Waals surface area contributed by atoms with E-state index in [9.17, 15) is 14.4 Å². The second-order valence-corrected chi connectivity index (χ2v) is 8.19. The molecule has 1 fully saturated rings. The van der Waals surface area contributed by atoms with Crippen molar-refractivity contribution in [2.75, 3.05) is 39.2 Å². The molecule has 0 atom stereocenters. The summed E-state index contributed by atoms with van der Waals surface area (Å²) in [5.74, 6) is 0.393. The number of imide groups is 1. The van der Waals surface area contributed by atoms with Crippen LogP contribution >= 0.6 is 0 Å². The molecule has 0 bridgehead atoms. The van der Waals surface area contributed by atoms with Crippen LogP contribution in [0.3, 0.4) is 0 Å². The Hall–Kier alpha value is -3.81. The molecule has 1 aliphatic rings. The number of amides is 4. The van der Waals surface area contributed by atoms with E-state index in [4.69, 9.17) is 4.74 Å². The van der Waals surface area contributed by atoms with Gasteiger partial charge in [0.1, 0.15) is 12.3 Å². The highest BCUT2D eigenvalue weighted by atomic mass is 16.5. The minimum atomic E-state index is -0.345. The second kappa shape index (κ2) is 8.61. The molecule has 0 unspecified atom stereocenters. The van der Waals surface area contributed by atoms with Gasteiger partial charge in [-0.15, -0.1) is 0 Å². The predicted molar refractivity (Wildman–Crippen MR) is 128 cm³/mol. The van der Waals surface area contributed by atoms with Gasteiger partial charge in [0, 0.05) is 39.1 Å². The van der Waals surface area contributed by atoms with Gasteiger partial charge in [-0.25, -0.2) is 9.69 Å². The highest BCUT2D eigenvalue weighted by molar-refractivity contribution is 6.20. The first-order valence-electron chi connectivity index (χ1n) is 11.0. The van der Waals surface area contributed by atoms with E-state index in [-0.39, 0.29) is 24.4 Å². The van der Waals surface area contributed by atoms with Crippen molar-refractivity contribution in [3.05, 3.63) is 48.0 Å². The summed E-state index contributed by atoms with van der Waals surface area (Å²) in [6.45, 7) is 5.24. The fourth-order valence-electron chi connectivity index (χ4n) is 4.30. The van der Waals surface area contributed by atoms with E-state index in [1.165, 1.54) is 9.80 Å². The van der Waals surface area contributed by atoms with Crippen LogP contribution in [0.5, 0.6) is 5.75 Å². The summed E-state index contributed by atoms with van der Waals surface area (Å²) < 4.78 is 7.80. The van der Waals surface area contributed by atoms with Crippen molar-refractivity contribution in [3.8, 4) is 17.0 Å². The molecule has 0 saturated carbocycles. The Morgan fingerprint density at radius 2 is 1.76 bits per heavy atom. The van der Waals surface area contributed by atoms with Gasteiger partial charge in [-0.2, -0.15) is 0 Å². The molecule has 1 saturated heterocycles. The number of hydrogen-bond acceptors (Lipinski definition) is 4. The number of fused-ring (bicyclic) bond motifs is 1. The molecule has 33 heavy (non-hydrogen) atoms. The molecule has 4 rings (SSSR count). The molecule has 172 valence electrons. The monoisotopic (exact) mass is 448 g/mol. The number of aromatic nitrogens is 1. The molecule has 3 aromatic rings. The Morgan fingerprint density at radius 3 is 2.30 bits per heavy atom. The van der Waals surface area contributed by atoms with Gasteiger partial charge in [0.05, 0.1) is 29.1 Å². The molecule has 1 aliphatic heterocycles. The van der Waals surface area contributed by atoms with E-state index in [0.29, 0.717) is 24.4 Å². The van der Waals surface area contributed by atoms with Crippen LogP contribution in [0.15, 0.2) is 42.5 Å². The number of aryl methyl sites for hydroxylation is 1. The Balaban J connectivity index is 1.89. The zero-order valence-corrected chi connectivity index (χ0v) is 19.6. The van der Waals surface area contributed by atoms with Crippen molar-refractivity contribution >= 4 is 34.4 Å². The van der Waals surface area contributed by atoms with Gasteiger partial charge in [-0.05, 0) is 43.7 Å². The van der Waals surface area contributed by atoms with Crippen molar-refractivity contribution < 1.29 is 19.1 Å². The predicted octanol–water partition coefficient (Wildman–Crippen LogP) is 3.83. The van der Waals surface area contributed by atoms with Crippen LogP contribution in [0.25, 0.3) is 22.2 Å². The lowest BCUT2D eigenvalue weighted by Gasteiger charge is -2.16. The summed E-state index contributed by atoms with van der Waals surface area (Å²) >= 11 is 0. The van der Waals surface area contributed by atoms with Gasteiger partial charge < -0.3 is 19.1 Å². The third-order valence-electron chi connectivity index (χ3n) is 5.82. The number of carbonyl (C=O) groups is 3. The van der Waals surface area contributed by atoms with E-state index in [2.05, 4.69) is 4.57 Å². The van der Waals surface area contributed by atoms with Crippen molar-refractivity contribution in [1.82, 2.24) is 14.4 Å². The van der Waals surface area contributed by atoms with Gasteiger partial charge >= 0.3 is 6.03 Å². The molecule has 0 spiro atoms. The van der Waals surface area contributed by atoms with Gasteiger partial charge in [-0.1, -0.05) is 12.1 Å². The lowest BCUT2D eigenvalue weighted by atomic mass is 10.0. The van der Waals surface area contributed by atoms with Crippen LogP contribution in [0, 0.1) is 0 Å². The Labute approximate surface area is 192 Å². The topological polar surface area (TPSA) is 75.1 Å². The summed E-state index contributed by atoms with van der Waals surface area (Å²) in [5.41, 5.74) is 3.66. The number of ether oxygens (including phenoxy) is 1. The lowest BCUT2D eigenvalue weighted by molar-refractivity contribution is -0.116. The number of likely N-dealkylation sites (N-methyl/N-ethyl adjacent to an activating group) is 1. The van der Waals surface area contributed by atoms with Crippen molar-refractivity contribution in [1.29, 1.82) is 0 Å². The largest absolute Gasteiger partial charge is 0.494 e. The molecule has 1 aromatic heterocycles. The highest BCUT2D eigenvalue weighted by Crippen LogP contribution is 2.37. The number of nitrogens with zero attached hydrogens (tertiary/aromatic N) is 4. The number of rotatable bonds is 6. The molecule has 2 heterocycles. The lowest BCUT2D eigenvalue weighted by Crippen LogP contribution is -2.31. The second-order valence-electron chi connectivity index (χ2n) is 8.19. The van der Waals surface area contributed by atoms with E-state index in [1.54, 1.807) is 38.2 Å². The Bertz CT molecular complexity index is 1240. The van der Waals surface area contributed by atoms with Crippen molar-refractivity contribution in [2.24, 2.45) is 0 Å². The maximum absolute atomic E-state index is 13.3. The van der Waals surface area contributed by atoms with Crippen LogP contribution in [0.2, 0.25) is 0 Å². The van der Waals surface area contributed by atoms with Crippen LogP contribution < -0.4 is 9.64 Å². The van der Waals surface area contributed by atoms with Crippen LogP contribution in [-0.2, 0) is 11.3 Å². The summed E-state index contributed by atoms with van der Waals surface area (Å²) in [6.07, 6.45) is 0. The van der Waals surface area contributed by atoms with Crippen LogP contribution in [-0.4, -0.2) is 66.5 Å². The summed E-state index contributed by atoms with van der Waals surface area (Å²) in [5, 5.41) is 0.851. The third kappa shape index (κ3) is 3.71. The van der Waals surface area contributed by atoms with Crippen LogP contribution in [0.1, 0.15) is 24.2 Å². The highest BCUT2D eigenvalue weighted by Gasteiger charge is 2.35. The van der Waals surface area contributed by atoms with E-state index < -0.39 is 0 Å². The number of urea groups is 1. The minimum absolute atomic E-state index is 0.0638. The number of anilines is 1. The number of hydrogen-bond donors (Lipinski definition) is 0. The fraction of sp³-hybridized carbons (Fsp3) is 0.320. The Morgan fingerprint density at radius 1 is 1.06 bits per heavy atom. The first-order valence-corrected chi connectivity index (χ1v) is 11.0. The zero-order chi connectivity index (χ0) is 23.9. The quantitative estimate of drug-likeness (QED) is 0.537. The molecule has 8 nitrogen and oxygen atoms in total. The first kappa shape index (κ1) is 22.4. The van der Waals surface area contributed by atoms with E-state index in [1.807, 2.05) is 44.2 Å². The number of benzene rings is 2. The molecular weight excluding hydrogens is 420 g/mol. The van der Waals surface area contributed by atoms with Gasteiger partial charge in [0.25, 0.3) is 11.8 Å². The molecule has 8 heteroatoms. The maximum Gasteiger partial charge on any atom is 0.331 e. The van der Waals surface area contributed by atoms with E-state index >= 15 is 0 Å². The summed E-state index contributed by atoms with van der Waals surface area (Å²) in [4.78, 5) is 42.0. The van der Waals surface area contributed by atoms with Crippen molar-refractivity contribution in [3.63, 3.8) is 0 Å². The average Bonchev–Trinajstić information content (AvgIpc) is 3.25. The molecule has 0 aliphatic carbocycles.